The van der Waals surface area contributed by atoms with E-state index in [1.807, 2.05) is 23.0 Å². The Balaban J connectivity index is 1.57. The van der Waals surface area contributed by atoms with Crippen LogP contribution in [0.1, 0.15) is 36.6 Å². The second kappa shape index (κ2) is 6.52. The third kappa shape index (κ3) is 2.88. The van der Waals surface area contributed by atoms with Gasteiger partial charge < -0.3 is 9.30 Å². The highest BCUT2D eigenvalue weighted by molar-refractivity contribution is 8.00. The fourth-order valence-electron chi connectivity index (χ4n) is 3.40. The number of cyclic esters (lactones) is 1. The third-order valence-electron chi connectivity index (χ3n) is 4.95. The van der Waals surface area contributed by atoms with Gasteiger partial charge in [-0.3, -0.25) is 4.79 Å². The number of nitrogens with zero attached hydrogens (tertiary/aromatic N) is 3. The van der Waals surface area contributed by atoms with Crippen molar-refractivity contribution < 1.29 is 9.53 Å². The number of fused-ring (bicyclic) bond motifs is 1. The zero-order valence-electron chi connectivity index (χ0n) is 13.9. The van der Waals surface area contributed by atoms with Crippen LogP contribution in [0, 0.1) is 5.92 Å². The molecule has 7 heteroatoms. The van der Waals surface area contributed by atoms with E-state index >= 15 is 0 Å². The van der Waals surface area contributed by atoms with Gasteiger partial charge in [0.25, 0.3) is 0 Å². The molecule has 0 amide bonds. The Hall–Kier alpha value is -1.34. The Morgan fingerprint density at radius 3 is 3.04 bits per heavy atom. The van der Waals surface area contributed by atoms with Gasteiger partial charge in [0.15, 0.2) is 11.0 Å². The number of hydrogen-bond donors (Lipinski definition) is 0. The Morgan fingerprint density at radius 1 is 1.42 bits per heavy atom. The molecular weight excluding hydrogens is 342 g/mol. The lowest BCUT2D eigenvalue weighted by molar-refractivity contribution is -0.137. The summed E-state index contributed by atoms with van der Waals surface area (Å²) in [6, 6.07) is 2.30. The molecule has 2 atom stereocenters. The van der Waals surface area contributed by atoms with Gasteiger partial charge in [-0.1, -0.05) is 25.1 Å². The van der Waals surface area contributed by atoms with E-state index in [1.165, 1.54) is 52.8 Å². The van der Waals surface area contributed by atoms with Crippen LogP contribution < -0.4 is 0 Å². The summed E-state index contributed by atoms with van der Waals surface area (Å²) in [5.41, 5.74) is 1.49. The molecule has 0 saturated carbocycles. The second-order valence-electron chi connectivity index (χ2n) is 6.50. The highest BCUT2D eigenvalue weighted by atomic mass is 32.2. The lowest BCUT2D eigenvalue weighted by Gasteiger charge is -2.19. The number of thiophene rings is 1. The quantitative estimate of drug-likeness (QED) is 0.779. The molecule has 0 aromatic carbocycles. The van der Waals surface area contributed by atoms with E-state index in [2.05, 4.69) is 23.2 Å². The molecule has 24 heavy (non-hydrogen) atoms. The number of rotatable bonds is 4. The number of aromatic nitrogens is 3. The second-order valence-corrected chi connectivity index (χ2v) is 8.81. The number of carbonyl (C=O) groups is 1. The molecule has 1 aliphatic carbocycles. The predicted octanol–water partition coefficient (Wildman–Crippen LogP) is 3.47. The van der Waals surface area contributed by atoms with Gasteiger partial charge in [-0.15, -0.1) is 21.5 Å². The molecule has 2 aromatic rings. The van der Waals surface area contributed by atoms with Gasteiger partial charge in [0, 0.05) is 18.3 Å². The van der Waals surface area contributed by atoms with Crippen molar-refractivity contribution in [2.24, 2.45) is 13.0 Å². The first-order valence-electron chi connectivity index (χ1n) is 8.50. The molecule has 3 heterocycles. The van der Waals surface area contributed by atoms with Crippen LogP contribution in [-0.2, 0) is 29.4 Å². The summed E-state index contributed by atoms with van der Waals surface area (Å²) >= 11 is 3.31. The van der Waals surface area contributed by atoms with Crippen LogP contribution in [0.5, 0.6) is 0 Å². The van der Waals surface area contributed by atoms with Crippen molar-refractivity contribution in [3.05, 3.63) is 16.5 Å². The van der Waals surface area contributed by atoms with Gasteiger partial charge in [-0.2, -0.15) is 0 Å². The molecule has 1 saturated heterocycles. The summed E-state index contributed by atoms with van der Waals surface area (Å²) in [6.45, 7) is 2.79. The van der Waals surface area contributed by atoms with Crippen molar-refractivity contribution in [3.8, 4) is 10.7 Å². The van der Waals surface area contributed by atoms with Crippen molar-refractivity contribution in [3.63, 3.8) is 0 Å². The minimum atomic E-state index is -0.150. The van der Waals surface area contributed by atoms with E-state index < -0.39 is 0 Å². The minimum absolute atomic E-state index is 0.137. The number of aryl methyl sites for hydroxylation is 1. The molecule has 1 aliphatic heterocycles. The molecule has 1 fully saturated rings. The first-order valence-corrected chi connectivity index (χ1v) is 10.2. The van der Waals surface area contributed by atoms with Crippen LogP contribution in [0.2, 0.25) is 0 Å². The molecule has 2 aliphatic rings. The maximum Gasteiger partial charge on any atom is 0.319 e. The van der Waals surface area contributed by atoms with E-state index in [4.69, 9.17) is 4.74 Å². The van der Waals surface area contributed by atoms with E-state index in [0.717, 1.165) is 23.3 Å². The van der Waals surface area contributed by atoms with Crippen molar-refractivity contribution in [2.45, 2.75) is 49.4 Å². The summed E-state index contributed by atoms with van der Waals surface area (Å²) in [7, 11) is 1.98. The van der Waals surface area contributed by atoms with Crippen LogP contribution >= 0.6 is 23.1 Å². The summed E-state index contributed by atoms with van der Waals surface area (Å²) in [5.74, 6) is 1.58. The van der Waals surface area contributed by atoms with Crippen LogP contribution in [0.25, 0.3) is 10.7 Å². The fourth-order valence-corrected chi connectivity index (χ4v) is 5.60. The summed E-state index contributed by atoms with van der Waals surface area (Å²) in [5, 5.41) is 9.32. The Labute approximate surface area is 149 Å². The van der Waals surface area contributed by atoms with Gasteiger partial charge in [0.1, 0.15) is 5.25 Å². The fraction of sp³-hybridized carbons (Fsp3) is 0.588. The van der Waals surface area contributed by atoms with Gasteiger partial charge in [0.2, 0.25) is 0 Å². The van der Waals surface area contributed by atoms with Crippen LogP contribution in [0.15, 0.2) is 11.2 Å². The predicted molar refractivity (Wildman–Crippen MR) is 95.3 cm³/mol. The molecule has 0 bridgehead atoms. The topological polar surface area (TPSA) is 57.0 Å². The molecule has 0 spiro atoms. The summed E-state index contributed by atoms with van der Waals surface area (Å²) < 4.78 is 7.03. The van der Waals surface area contributed by atoms with Crippen molar-refractivity contribution >= 4 is 29.1 Å². The zero-order chi connectivity index (χ0) is 16.7. The zero-order valence-corrected chi connectivity index (χ0v) is 15.6. The van der Waals surface area contributed by atoms with Crippen molar-refractivity contribution in [1.29, 1.82) is 0 Å². The summed E-state index contributed by atoms with van der Waals surface area (Å²) in [6.07, 6.45) is 5.68. The Morgan fingerprint density at radius 2 is 2.29 bits per heavy atom. The lowest BCUT2D eigenvalue weighted by Crippen LogP contribution is -2.10. The van der Waals surface area contributed by atoms with E-state index in [9.17, 15) is 4.79 Å². The summed E-state index contributed by atoms with van der Waals surface area (Å²) in [4.78, 5) is 14.4. The lowest BCUT2D eigenvalue weighted by atomic mass is 9.87. The van der Waals surface area contributed by atoms with Crippen molar-refractivity contribution in [1.82, 2.24) is 14.8 Å². The number of ether oxygens (including phenoxy) is 1. The molecule has 5 nitrogen and oxygen atoms in total. The number of thioether (sulfide) groups is 1. The third-order valence-corrected chi connectivity index (χ3v) is 7.46. The molecule has 0 radical (unpaired) electrons. The first kappa shape index (κ1) is 16.1. The van der Waals surface area contributed by atoms with Gasteiger partial charge in [0.05, 0.1) is 11.5 Å². The van der Waals surface area contributed by atoms with Gasteiger partial charge >= 0.3 is 5.97 Å². The van der Waals surface area contributed by atoms with Crippen LogP contribution in [0.4, 0.5) is 0 Å². The Kier molecular flexibility index (Phi) is 4.39. The van der Waals surface area contributed by atoms with E-state index in [0.29, 0.717) is 6.61 Å². The van der Waals surface area contributed by atoms with E-state index in [-0.39, 0.29) is 11.2 Å². The molecule has 0 N–H and O–H groups in total. The molecule has 128 valence electrons. The average Bonchev–Trinajstić information content (AvgIpc) is 3.27. The smallest absolute Gasteiger partial charge is 0.319 e. The molecule has 2 aromatic heterocycles. The first-order chi connectivity index (χ1) is 11.7. The standard InChI is InChI=1S/C17H21N3O2S2/c1-3-10-4-5-12-11(8-10)9-14(23-12)15-18-19-17(20(15)2)24-13-6-7-22-16(13)21/h9-10,13H,3-8H2,1-2H3. The van der Waals surface area contributed by atoms with Crippen LogP contribution in [-0.4, -0.2) is 32.6 Å². The highest BCUT2D eigenvalue weighted by Crippen LogP contribution is 2.38. The number of carbonyl (C=O) groups excluding carboxylic acids is 1. The number of esters is 1. The molecule has 2 unspecified atom stereocenters. The van der Waals surface area contributed by atoms with Gasteiger partial charge in [-0.05, 0) is 36.8 Å². The molecular formula is C17H21N3O2S2. The maximum absolute atomic E-state index is 11.7. The van der Waals surface area contributed by atoms with Crippen LogP contribution in [0.3, 0.4) is 0 Å². The Bertz CT molecular complexity index is 768. The number of hydrogen-bond acceptors (Lipinski definition) is 6. The average molecular weight is 364 g/mol. The van der Waals surface area contributed by atoms with Crippen molar-refractivity contribution in [2.75, 3.05) is 6.61 Å². The van der Waals surface area contributed by atoms with E-state index in [1.54, 1.807) is 0 Å². The normalized spacial score (nSPS) is 23.3. The monoisotopic (exact) mass is 363 g/mol. The van der Waals surface area contributed by atoms with Gasteiger partial charge in [-0.25, -0.2) is 0 Å². The highest BCUT2D eigenvalue weighted by Gasteiger charge is 2.30. The largest absolute Gasteiger partial charge is 0.465 e. The minimum Gasteiger partial charge on any atom is -0.465 e. The maximum atomic E-state index is 11.7. The SMILES string of the molecule is CCC1CCc2sc(-c3nnc(SC4CCOC4=O)n3C)cc2C1. The molecule has 4 rings (SSSR count).